The van der Waals surface area contributed by atoms with Gasteiger partial charge in [0.15, 0.2) is 0 Å². The van der Waals surface area contributed by atoms with Gasteiger partial charge in [-0.3, -0.25) is 13.9 Å². The van der Waals surface area contributed by atoms with Crippen LogP contribution < -0.4 is 10.5 Å². The number of amides is 1. The molecule has 2 aliphatic carbocycles. The van der Waals surface area contributed by atoms with Crippen molar-refractivity contribution in [3.05, 3.63) is 0 Å². The summed E-state index contributed by atoms with van der Waals surface area (Å²) in [5, 5.41) is 0. The zero-order chi connectivity index (χ0) is 13.8. The highest BCUT2D eigenvalue weighted by Gasteiger charge is 2.61. The van der Waals surface area contributed by atoms with Crippen LogP contribution in [-0.2, 0) is 14.8 Å². The molecular formula is C11H19FN2O3S. The average Bonchev–Trinajstić information content (AvgIpc) is 3.07. The van der Waals surface area contributed by atoms with Crippen molar-refractivity contribution in [3.63, 3.8) is 0 Å². The van der Waals surface area contributed by atoms with Crippen molar-refractivity contribution in [2.75, 3.05) is 6.67 Å². The molecule has 0 aromatic carbocycles. The monoisotopic (exact) mass is 278 g/mol. The van der Waals surface area contributed by atoms with Crippen LogP contribution in [0.15, 0.2) is 0 Å². The molecule has 0 spiro atoms. The first-order valence-electron chi connectivity index (χ1n) is 6.09. The molecule has 0 radical (unpaired) electrons. The fourth-order valence-corrected chi connectivity index (χ4v) is 4.04. The third-order valence-corrected chi connectivity index (χ3v) is 6.72. The summed E-state index contributed by atoms with van der Waals surface area (Å²) in [6.45, 7) is 2.89. The first kappa shape index (κ1) is 13.7. The molecule has 18 heavy (non-hydrogen) atoms. The van der Waals surface area contributed by atoms with Gasteiger partial charge in [-0.25, -0.2) is 8.42 Å². The Kier molecular flexibility index (Phi) is 2.98. The summed E-state index contributed by atoms with van der Waals surface area (Å²) in [5.74, 6) is -0.902. The van der Waals surface area contributed by atoms with Crippen molar-refractivity contribution >= 4 is 15.9 Å². The Labute approximate surface area is 106 Å². The fraction of sp³-hybridized carbons (Fsp3) is 0.909. The molecule has 0 aliphatic heterocycles. The second-order valence-electron chi connectivity index (χ2n) is 5.77. The highest BCUT2D eigenvalue weighted by molar-refractivity contribution is 7.91. The van der Waals surface area contributed by atoms with Crippen LogP contribution in [0.25, 0.3) is 0 Å². The summed E-state index contributed by atoms with van der Waals surface area (Å²) in [6.07, 6.45) is 1.10. The van der Waals surface area contributed by atoms with Crippen molar-refractivity contribution in [2.24, 2.45) is 17.6 Å². The number of hydrogen-bond acceptors (Lipinski definition) is 4. The minimum atomic E-state index is -3.69. The molecule has 7 heteroatoms. The molecule has 0 aromatic heterocycles. The normalized spacial score (nSPS) is 42.4. The summed E-state index contributed by atoms with van der Waals surface area (Å²) < 4.78 is 37.4. The molecule has 2 fully saturated rings. The summed E-state index contributed by atoms with van der Waals surface area (Å²) in [7, 11) is -3.69. The van der Waals surface area contributed by atoms with E-state index in [1.807, 2.05) is 6.92 Å². The second-order valence-corrected chi connectivity index (χ2v) is 7.92. The Morgan fingerprint density at radius 2 is 2.06 bits per heavy atom. The molecule has 104 valence electrons. The summed E-state index contributed by atoms with van der Waals surface area (Å²) in [6, 6.07) is 0. The van der Waals surface area contributed by atoms with Crippen LogP contribution in [-0.4, -0.2) is 31.3 Å². The standard InChI is InChI=1S/C11H19FN2O3S/c1-7-5-10(7,2)18(16,17)14-9(15)11(13)6-8(11)3-4-12/h7-8H,3-6,13H2,1-2H3,(H,14,15)/t7-,8+,10?,11+/m0/s1. The maximum absolute atomic E-state index is 12.2. The Bertz CT molecular complexity index is 481. The van der Waals surface area contributed by atoms with Gasteiger partial charge in [0.1, 0.15) is 0 Å². The number of sulfonamides is 1. The molecule has 1 amide bonds. The van der Waals surface area contributed by atoms with Gasteiger partial charge in [0.25, 0.3) is 5.91 Å². The number of carbonyl (C=O) groups is 1. The highest BCUT2D eigenvalue weighted by atomic mass is 32.2. The third-order valence-electron chi connectivity index (χ3n) is 4.47. The quantitative estimate of drug-likeness (QED) is 0.757. The van der Waals surface area contributed by atoms with E-state index in [1.165, 1.54) is 0 Å². The Balaban J connectivity index is 2.01. The third kappa shape index (κ3) is 1.93. The SMILES string of the molecule is C[C@H]1CC1(C)S(=O)(=O)NC(=O)[C@@]1(N)C[C@H]1CCF. The van der Waals surface area contributed by atoms with E-state index in [1.54, 1.807) is 6.92 Å². The van der Waals surface area contributed by atoms with E-state index in [4.69, 9.17) is 5.73 Å². The maximum Gasteiger partial charge on any atom is 0.253 e. The van der Waals surface area contributed by atoms with E-state index in [-0.39, 0.29) is 18.3 Å². The Morgan fingerprint density at radius 3 is 2.50 bits per heavy atom. The van der Waals surface area contributed by atoms with Gasteiger partial charge in [0.2, 0.25) is 10.0 Å². The highest BCUT2D eigenvalue weighted by Crippen LogP contribution is 2.50. The lowest BCUT2D eigenvalue weighted by Crippen LogP contribution is -2.49. The van der Waals surface area contributed by atoms with E-state index < -0.39 is 32.9 Å². The molecule has 5 nitrogen and oxygen atoms in total. The molecular weight excluding hydrogens is 259 g/mol. The van der Waals surface area contributed by atoms with Gasteiger partial charge >= 0.3 is 0 Å². The van der Waals surface area contributed by atoms with Crippen LogP contribution in [0.4, 0.5) is 4.39 Å². The number of halogens is 1. The second kappa shape index (κ2) is 3.90. The maximum atomic E-state index is 12.2. The van der Waals surface area contributed by atoms with Crippen LogP contribution in [0.2, 0.25) is 0 Å². The molecule has 2 aliphatic rings. The van der Waals surface area contributed by atoms with Gasteiger partial charge in [0.05, 0.1) is 17.0 Å². The first-order chi connectivity index (χ1) is 8.17. The van der Waals surface area contributed by atoms with Crippen LogP contribution in [0.3, 0.4) is 0 Å². The molecule has 0 heterocycles. The van der Waals surface area contributed by atoms with Gasteiger partial charge in [-0.05, 0) is 38.0 Å². The van der Waals surface area contributed by atoms with Crippen LogP contribution in [0.5, 0.6) is 0 Å². The van der Waals surface area contributed by atoms with Crippen molar-refractivity contribution in [2.45, 2.75) is 43.4 Å². The van der Waals surface area contributed by atoms with Gasteiger partial charge in [-0.1, -0.05) is 6.92 Å². The van der Waals surface area contributed by atoms with E-state index in [9.17, 15) is 17.6 Å². The van der Waals surface area contributed by atoms with Gasteiger partial charge in [-0.2, -0.15) is 0 Å². The summed E-state index contributed by atoms with van der Waals surface area (Å²) in [5.41, 5.74) is 4.58. The zero-order valence-electron chi connectivity index (χ0n) is 10.6. The number of nitrogens with one attached hydrogen (secondary N) is 1. The molecule has 0 saturated heterocycles. The van der Waals surface area contributed by atoms with Crippen molar-refractivity contribution in [3.8, 4) is 0 Å². The summed E-state index contributed by atoms with van der Waals surface area (Å²) >= 11 is 0. The molecule has 0 bridgehead atoms. The predicted octanol–water partition coefficient (Wildman–Crippen LogP) is 0.308. The fourth-order valence-electron chi connectivity index (χ4n) is 2.38. The number of alkyl halides is 1. The molecule has 0 aromatic rings. The largest absolute Gasteiger partial charge is 0.317 e. The van der Waals surface area contributed by atoms with Gasteiger partial charge in [0, 0.05) is 0 Å². The molecule has 4 atom stereocenters. The molecule has 3 N–H and O–H groups in total. The van der Waals surface area contributed by atoms with E-state index in [0.29, 0.717) is 12.8 Å². The predicted molar refractivity (Wildman–Crippen MR) is 64.9 cm³/mol. The van der Waals surface area contributed by atoms with Crippen LogP contribution in [0.1, 0.15) is 33.1 Å². The average molecular weight is 278 g/mol. The molecule has 2 saturated carbocycles. The van der Waals surface area contributed by atoms with Crippen molar-refractivity contribution in [1.82, 2.24) is 4.72 Å². The van der Waals surface area contributed by atoms with Crippen LogP contribution >= 0.6 is 0 Å². The lowest BCUT2D eigenvalue weighted by Gasteiger charge is -2.16. The minimum absolute atomic E-state index is 0.0392. The molecule has 2 rings (SSSR count). The van der Waals surface area contributed by atoms with Crippen LogP contribution in [0, 0.1) is 11.8 Å². The van der Waals surface area contributed by atoms with E-state index in [0.717, 1.165) is 0 Å². The Morgan fingerprint density at radius 1 is 1.50 bits per heavy atom. The molecule has 1 unspecified atom stereocenters. The van der Waals surface area contributed by atoms with Crippen molar-refractivity contribution in [1.29, 1.82) is 0 Å². The number of carbonyl (C=O) groups excluding carboxylic acids is 1. The number of hydrogen-bond donors (Lipinski definition) is 2. The minimum Gasteiger partial charge on any atom is -0.317 e. The van der Waals surface area contributed by atoms with Crippen molar-refractivity contribution < 1.29 is 17.6 Å². The van der Waals surface area contributed by atoms with E-state index >= 15 is 0 Å². The number of nitrogens with two attached hydrogens (primary N) is 1. The van der Waals surface area contributed by atoms with E-state index in [2.05, 4.69) is 4.72 Å². The van der Waals surface area contributed by atoms with Gasteiger partial charge in [-0.15, -0.1) is 0 Å². The van der Waals surface area contributed by atoms with Gasteiger partial charge < -0.3 is 5.73 Å². The zero-order valence-corrected chi connectivity index (χ0v) is 11.4. The first-order valence-corrected chi connectivity index (χ1v) is 7.57. The lowest BCUT2D eigenvalue weighted by atomic mass is 10.2. The topological polar surface area (TPSA) is 89.3 Å². The lowest BCUT2D eigenvalue weighted by molar-refractivity contribution is -0.121. The smallest absolute Gasteiger partial charge is 0.253 e. The number of rotatable bonds is 5. The summed E-state index contributed by atoms with van der Waals surface area (Å²) in [4.78, 5) is 11.9. The Hall–Kier alpha value is -0.690.